The predicted octanol–water partition coefficient (Wildman–Crippen LogP) is 2.55. The van der Waals surface area contributed by atoms with E-state index in [9.17, 15) is 4.79 Å². The molecule has 4 nitrogen and oxygen atoms in total. The van der Waals surface area contributed by atoms with Crippen molar-refractivity contribution < 1.29 is 9.53 Å². The van der Waals surface area contributed by atoms with Crippen LogP contribution >= 0.6 is 11.6 Å². The number of piperidine rings is 1. The highest BCUT2D eigenvalue weighted by atomic mass is 35.5. The molecule has 2 rings (SSSR count). The summed E-state index contributed by atoms with van der Waals surface area (Å²) < 4.78 is 5.26. The fourth-order valence-corrected chi connectivity index (χ4v) is 2.80. The number of ether oxygens (including phenoxy) is 1. The molecule has 0 radical (unpaired) electrons. The molecule has 1 aliphatic rings. The number of amides is 1. The third kappa shape index (κ3) is 3.25. The normalized spacial score (nSPS) is 20.6. The largest absolute Gasteiger partial charge is 0.496 e. The van der Waals surface area contributed by atoms with Gasteiger partial charge >= 0.3 is 0 Å². The first-order chi connectivity index (χ1) is 9.52. The van der Waals surface area contributed by atoms with Crippen LogP contribution in [0.5, 0.6) is 5.75 Å². The topological polar surface area (TPSA) is 55.6 Å². The Morgan fingerprint density at radius 2 is 2.30 bits per heavy atom. The van der Waals surface area contributed by atoms with Crippen molar-refractivity contribution in [2.45, 2.75) is 25.8 Å². The average molecular weight is 297 g/mol. The number of carbonyl (C=O) groups is 1. The second-order valence-corrected chi connectivity index (χ2v) is 5.79. The Labute approximate surface area is 124 Å². The maximum atomic E-state index is 12.6. The molecular formula is C15H21ClN2O2. The highest BCUT2D eigenvalue weighted by Gasteiger charge is 2.27. The van der Waals surface area contributed by atoms with E-state index in [1.807, 2.05) is 11.8 Å². The third-order valence-electron chi connectivity index (χ3n) is 3.88. The van der Waals surface area contributed by atoms with Crippen LogP contribution in [0, 0.1) is 5.92 Å². The van der Waals surface area contributed by atoms with E-state index in [4.69, 9.17) is 22.1 Å². The van der Waals surface area contributed by atoms with Gasteiger partial charge in [-0.25, -0.2) is 0 Å². The molecule has 2 N–H and O–H groups in total. The quantitative estimate of drug-likeness (QED) is 0.932. The van der Waals surface area contributed by atoms with E-state index in [-0.39, 0.29) is 11.9 Å². The predicted molar refractivity (Wildman–Crippen MR) is 80.3 cm³/mol. The van der Waals surface area contributed by atoms with Gasteiger partial charge in [0.2, 0.25) is 0 Å². The fraction of sp³-hybridized carbons (Fsp3) is 0.533. The Morgan fingerprint density at radius 1 is 1.55 bits per heavy atom. The first-order valence-electron chi connectivity index (χ1n) is 6.91. The SMILES string of the molecule is COc1cc(Cl)ccc1C(=O)N1CCCC(C(C)N)C1. The van der Waals surface area contributed by atoms with Gasteiger partial charge in [-0.3, -0.25) is 4.79 Å². The minimum Gasteiger partial charge on any atom is -0.496 e. The van der Waals surface area contributed by atoms with Crippen molar-refractivity contribution in [3.05, 3.63) is 28.8 Å². The van der Waals surface area contributed by atoms with Crippen molar-refractivity contribution in [2.24, 2.45) is 11.7 Å². The second kappa shape index (κ2) is 6.46. The molecule has 1 fully saturated rings. The van der Waals surface area contributed by atoms with Crippen LogP contribution in [-0.2, 0) is 0 Å². The Hall–Kier alpha value is -1.26. The summed E-state index contributed by atoms with van der Waals surface area (Å²) in [6, 6.07) is 5.21. The molecule has 0 aromatic heterocycles. The molecule has 2 atom stereocenters. The van der Waals surface area contributed by atoms with Crippen LogP contribution < -0.4 is 10.5 Å². The number of benzene rings is 1. The summed E-state index contributed by atoms with van der Waals surface area (Å²) in [7, 11) is 1.55. The number of rotatable bonds is 3. The summed E-state index contributed by atoms with van der Waals surface area (Å²) in [5, 5.41) is 0.561. The van der Waals surface area contributed by atoms with Crippen molar-refractivity contribution in [2.75, 3.05) is 20.2 Å². The van der Waals surface area contributed by atoms with Gasteiger partial charge < -0.3 is 15.4 Å². The lowest BCUT2D eigenvalue weighted by Crippen LogP contribution is -2.45. The smallest absolute Gasteiger partial charge is 0.257 e. The number of hydrogen-bond acceptors (Lipinski definition) is 3. The summed E-state index contributed by atoms with van der Waals surface area (Å²) >= 11 is 5.93. The van der Waals surface area contributed by atoms with E-state index in [0.29, 0.717) is 28.8 Å². The molecule has 0 bridgehead atoms. The van der Waals surface area contributed by atoms with Gasteiger partial charge in [0.1, 0.15) is 5.75 Å². The van der Waals surface area contributed by atoms with E-state index in [1.54, 1.807) is 25.3 Å². The molecule has 1 aromatic carbocycles. The molecular weight excluding hydrogens is 276 g/mol. The van der Waals surface area contributed by atoms with Gasteiger partial charge in [0.05, 0.1) is 12.7 Å². The third-order valence-corrected chi connectivity index (χ3v) is 4.12. The zero-order chi connectivity index (χ0) is 14.7. The summed E-state index contributed by atoms with van der Waals surface area (Å²) in [5.74, 6) is 0.875. The molecule has 0 saturated carbocycles. The zero-order valence-corrected chi connectivity index (χ0v) is 12.7. The van der Waals surface area contributed by atoms with Crippen LogP contribution in [0.25, 0.3) is 0 Å². The Balaban J connectivity index is 2.18. The molecule has 0 spiro atoms. The first-order valence-corrected chi connectivity index (χ1v) is 7.29. The lowest BCUT2D eigenvalue weighted by molar-refractivity contribution is 0.0657. The number of nitrogens with two attached hydrogens (primary N) is 1. The van der Waals surface area contributed by atoms with Crippen molar-refractivity contribution in [3.8, 4) is 5.75 Å². The highest BCUT2D eigenvalue weighted by molar-refractivity contribution is 6.30. The van der Waals surface area contributed by atoms with Crippen LogP contribution in [0.3, 0.4) is 0 Å². The second-order valence-electron chi connectivity index (χ2n) is 5.36. The fourth-order valence-electron chi connectivity index (χ4n) is 2.64. The van der Waals surface area contributed by atoms with E-state index in [2.05, 4.69) is 0 Å². The summed E-state index contributed by atoms with van der Waals surface area (Å²) in [5.41, 5.74) is 6.52. The minimum atomic E-state index is -0.0103. The number of carbonyl (C=O) groups excluding carboxylic acids is 1. The molecule has 1 amide bonds. The van der Waals surface area contributed by atoms with Crippen molar-refractivity contribution in [3.63, 3.8) is 0 Å². The maximum Gasteiger partial charge on any atom is 0.257 e. The van der Waals surface area contributed by atoms with E-state index < -0.39 is 0 Å². The summed E-state index contributed by atoms with van der Waals surface area (Å²) in [4.78, 5) is 14.5. The summed E-state index contributed by atoms with van der Waals surface area (Å²) in [6.07, 6.45) is 2.08. The van der Waals surface area contributed by atoms with Gasteiger partial charge in [-0.2, -0.15) is 0 Å². The molecule has 2 unspecified atom stereocenters. The Kier molecular flexibility index (Phi) is 4.89. The molecule has 5 heteroatoms. The monoisotopic (exact) mass is 296 g/mol. The van der Waals surface area contributed by atoms with Gasteiger partial charge in [-0.1, -0.05) is 11.6 Å². The lowest BCUT2D eigenvalue weighted by atomic mass is 9.92. The number of likely N-dealkylation sites (tertiary alicyclic amines) is 1. The van der Waals surface area contributed by atoms with Crippen molar-refractivity contribution in [1.82, 2.24) is 4.90 Å². The van der Waals surface area contributed by atoms with Gasteiger partial charge in [0.15, 0.2) is 0 Å². The number of methoxy groups -OCH3 is 1. The maximum absolute atomic E-state index is 12.6. The van der Waals surface area contributed by atoms with Crippen LogP contribution in [0.4, 0.5) is 0 Å². The minimum absolute atomic E-state index is 0.0103. The molecule has 1 heterocycles. The van der Waals surface area contributed by atoms with Gasteiger partial charge in [-0.05, 0) is 43.9 Å². The lowest BCUT2D eigenvalue weighted by Gasteiger charge is -2.34. The molecule has 110 valence electrons. The standard InChI is InChI=1S/C15H21ClN2O2/c1-10(17)11-4-3-7-18(9-11)15(19)13-6-5-12(16)8-14(13)20-2/h5-6,8,10-11H,3-4,7,9,17H2,1-2H3. The molecule has 1 aliphatic heterocycles. The Bertz CT molecular complexity index is 491. The van der Waals surface area contributed by atoms with E-state index >= 15 is 0 Å². The van der Waals surface area contributed by atoms with Crippen LogP contribution in [0.1, 0.15) is 30.1 Å². The average Bonchev–Trinajstić information content (AvgIpc) is 2.46. The number of halogens is 1. The summed E-state index contributed by atoms with van der Waals surface area (Å²) in [6.45, 7) is 3.48. The van der Waals surface area contributed by atoms with Gasteiger partial charge in [0, 0.05) is 24.2 Å². The Morgan fingerprint density at radius 3 is 2.95 bits per heavy atom. The van der Waals surface area contributed by atoms with E-state index in [1.165, 1.54) is 0 Å². The van der Waals surface area contributed by atoms with Crippen LogP contribution in [0.2, 0.25) is 5.02 Å². The molecule has 1 aromatic rings. The molecule has 0 aliphatic carbocycles. The highest BCUT2D eigenvalue weighted by Crippen LogP contribution is 2.27. The first kappa shape index (κ1) is 15.1. The van der Waals surface area contributed by atoms with Gasteiger partial charge in [0.25, 0.3) is 5.91 Å². The number of hydrogen-bond donors (Lipinski definition) is 1. The molecule has 1 saturated heterocycles. The van der Waals surface area contributed by atoms with Gasteiger partial charge in [-0.15, -0.1) is 0 Å². The van der Waals surface area contributed by atoms with Crippen LogP contribution in [0.15, 0.2) is 18.2 Å². The molecule has 20 heavy (non-hydrogen) atoms. The van der Waals surface area contributed by atoms with Crippen LogP contribution in [-0.4, -0.2) is 37.0 Å². The van der Waals surface area contributed by atoms with Crippen molar-refractivity contribution >= 4 is 17.5 Å². The number of nitrogens with zero attached hydrogens (tertiary/aromatic N) is 1. The zero-order valence-electron chi connectivity index (χ0n) is 11.9. The van der Waals surface area contributed by atoms with Crippen molar-refractivity contribution in [1.29, 1.82) is 0 Å². The van der Waals surface area contributed by atoms with E-state index in [0.717, 1.165) is 19.4 Å².